The molecule has 0 N–H and O–H groups in total. The first kappa shape index (κ1) is 11.7. The second-order valence-corrected chi connectivity index (χ2v) is 6.75. The molecule has 0 atom stereocenters. The monoisotopic (exact) mass is 271 g/mol. The average molecular weight is 272 g/mol. The molecule has 4 heterocycles. The molecule has 1 aromatic heterocycles. The van der Waals surface area contributed by atoms with Crippen LogP contribution in [0.1, 0.15) is 9.67 Å². The second kappa shape index (κ2) is 4.35. The minimum Gasteiger partial charge on any atom is -0.314 e. The van der Waals surface area contributed by atoms with Gasteiger partial charge in [0.2, 0.25) is 5.78 Å². The van der Waals surface area contributed by atoms with Crippen LogP contribution < -0.4 is 0 Å². The van der Waals surface area contributed by atoms with E-state index >= 15 is 0 Å². The molecule has 3 aliphatic rings. The lowest BCUT2D eigenvalue weighted by atomic mass is 10.1. The molecule has 3 fully saturated rings. The number of halogens is 1. The summed E-state index contributed by atoms with van der Waals surface area (Å²) in [5, 5.41) is 0. The molecule has 0 aliphatic carbocycles. The minimum atomic E-state index is 0.261. The van der Waals surface area contributed by atoms with E-state index < -0.39 is 0 Å². The molecule has 4 rings (SSSR count). The Bertz CT molecular complexity index is 424. The van der Waals surface area contributed by atoms with Gasteiger partial charge in [0.05, 0.1) is 28.8 Å². The number of thiophene rings is 1. The van der Waals surface area contributed by atoms with E-state index in [0.29, 0.717) is 10.9 Å². The van der Waals surface area contributed by atoms with E-state index in [-0.39, 0.29) is 5.78 Å². The molecule has 17 heavy (non-hydrogen) atoms. The molecule has 3 saturated heterocycles. The SMILES string of the molecule is O=C(C[N+]12CCN(CC1)CC2)c1ccc(Cl)s1. The summed E-state index contributed by atoms with van der Waals surface area (Å²) in [6.45, 7) is 7.50. The molecule has 3 nitrogen and oxygen atoms in total. The van der Waals surface area contributed by atoms with Gasteiger partial charge in [-0.25, -0.2) is 0 Å². The van der Waals surface area contributed by atoms with Gasteiger partial charge >= 0.3 is 0 Å². The maximum absolute atomic E-state index is 12.2. The first-order chi connectivity index (χ1) is 8.17. The van der Waals surface area contributed by atoms with Gasteiger partial charge in [-0.2, -0.15) is 0 Å². The largest absolute Gasteiger partial charge is 0.314 e. The fraction of sp³-hybridized carbons (Fsp3) is 0.583. The Balaban J connectivity index is 1.72. The van der Waals surface area contributed by atoms with Crippen molar-refractivity contribution in [2.24, 2.45) is 0 Å². The van der Waals surface area contributed by atoms with Gasteiger partial charge in [-0.3, -0.25) is 9.69 Å². The van der Waals surface area contributed by atoms with E-state index in [4.69, 9.17) is 11.6 Å². The van der Waals surface area contributed by atoms with E-state index in [0.717, 1.165) is 48.6 Å². The van der Waals surface area contributed by atoms with E-state index in [1.165, 1.54) is 11.3 Å². The van der Waals surface area contributed by atoms with Crippen molar-refractivity contribution in [1.29, 1.82) is 0 Å². The third-order valence-electron chi connectivity index (χ3n) is 4.00. The van der Waals surface area contributed by atoms with Crippen molar-refractivity contribution < 1.29 is 9.28 Å². The molecule has 3 aliphatic heterocycles. The lowest BCUT2D eigenvalue weighted by Crippen LogP contribution is -2.68. The highest BCUT2D eigenvalue weighted by Crippen LogP contribution is 2.25. The highest BCUT2D eigenvalue weighted by Gasteiger charge is 2.40. The summed E-state index contributed by atoms with van der Waals surface area (Å²) < 4.78 is 1.70. The van der Waals surface area contributed by atoms with Crippen LogP contribution in [0.15, 0.2) is 12.1 Å². The molecule has 0 spiro atoms. The van der Waals surface area contributed by atoms with Gasteiger partial charge < -0.3 is 4.48 Å². The lowest BCUT2D eigenvalue weighted by Gasteiger charge is -2.50. The van der Waals surface area contributed by atoms with Crippen molar-refractivity contribution >= 4 is 28.7 Å². The smallest absolute Gasteiger partial charge is 0.226 e. The van der Waals surface area contributed by atoms with Crippen LogP contribution in [0.3, 0.4) is 0 Å². The molecule has 0 radical (unpaired) electrons. The Morgan fingerprint density at radius 1 is 1.29 bits per heavy atom. The van der Waals surface area contributed by atoms with Gasteiger partial charge in [0.1, 0.15) is 6.54 Å². The Morgan fingerprint density at radius 3 is 2.47 bits per heavy atom. The van der Waals surface area contributed by atoms with Crippen molar-refractivity contribution in [2.45, 2.75) is 0 Å². The number of quaternary nitrogens is 1. The molecule has 0 aromatic carbocycles. The van der Waals surface area contributed by atoms with E-state index in [1.54, 1.807) is 0 Å². The molecule has 5 heteroatoms. The van der Waals surface area contributed by atoms with Crippen LogP contribution in [0.2, 0.25) is 4.34 Å². The molecule has 0 amide bonds. The van der Waals surface area contributed by atoms with Gasteiger partial charge in [-0.05, 0) is 12.1 Å². The third kappa shape index (κ3) is 2.27. The van der Waals surface area contributed by atoms with E-state index in [2.05, 4.69) is 4.90 Å². The third-order valence-corrected chi connectivity index (χ3v) is 5.27. The highest BCUT2D eigenvalue weighted by atomic mass is 35.5. The van der Waals surface area contributed by atoms with Crippen molar-refractivity contribution in [3.05, 3.63) is 21.3 Å². The van der Waals surface area contributed by atoms with Gasteiger partial charge in [0, 0.05) is 19.6 Å². The lowest BCUT2D eigenvalue weighted by molar-refractivity contribution is -0.933. The van der Waals surface area contributed by atoms with Crippen LogP contribution in [0.4, 0.5) is 0 Å². The number of ketones is 1. The maximum Gasteiger partial charge on any atom is 0.226 e. The predicted octanol–water partition coefficient (Wildman–Crippen LogP) is 1.73. The van der Waals surface area contributed by atoms with E-state index in [1.807, 2.05) is 12.1 Å². The Hall–Kier alpha value is -0.420. The maximum atomic E-state index is 12.2. The zero-order chi connectivity index (χ0) is 11.9. The second-order valence-electron chi connectivity index (χ2n) is 5.04. The van der Waals surface area contributed by atoms with Gasteiger partial charge in [0.25, 0.3) is 0 Å². The summed E-state index contributed by atoms with van der Waals surface area (Å²) >= 11 is 7.28. The first-order valence-electron chi connectivity index (χ1n) is 6.03. The Morgan fingerprint density at radius 2 is 1.94 bits per heavy atom. The number of piperazine rings is 3. The van der Waals surface area contributed by atoms with Crippen LogP contribution in [0.5, 0.6) is 0 Å². The summed E-state index contributed by atoms with van der Waals surface area (Å²) in [7, 11) is 0. The van der Waals surface area contributed by atoms with Crippen molar-refractivity contribution in [2.75, 3.05) is 45.8 Å². The molecule has 1 aromatic rings. The summed E-state index contributed by atoms with van der Waals surface area (Å²) in [6.07, 6.45) is 0. The Labute approximate surface area is 110 Å². The summed E-state index contributed by atoms with van der Waals surface area (Å²) in [5.74, 6) is 0.261. The number of carbonyl (C=O) groups excluding carboxylic acids is 1. The van der Waals surface area contributed by atoms with Crippen LogP contribution >= 0.6 is 22.9 Å². The number of hydrogen-bond acceptors (Lipinski definition) is 3. The Kier molecular flexibility index (Phi) is 2.99. The number of hydrogen-bond donors (Lipinski definition) is 0. The highest BCUT2D eigenvalue weighted by molar-refractivity contribution is 7.18. The minimum absolute atomic E-state index is 0.261. The molecule has 2 bridgehead atoms. The average Bonchev–Trinajstić information content (AvgIpc) is 2.78. The molecule has 0 unspecified atom stereocenters. The molecule has 92 valence electrons. The molecular formula is C12H16ClN2OS+. The van der Waals surface area contributed by atoms with Crippen LogP contribution in [-0.2, 0) is 0 Å². The van der Waals surface area contributed by atoms with Crippen LogP contribution in [0, 0.1) is 0 Å². The van der Waals surface area contributed by atoms with Gasteiger partial charge in [0.15, 0.2) is 0 Å². The normalized spacial score (nSPS) is 31.7. The predicted molar refractivity (Wildman–Crippen MR) is 69.8 cm³/mol. The zero-order valence-corrected chi connectivity index (χ0v) is 11.3. The molecule has 0 saturated carbocycles. The standard InChI is InChI=1S/C12H16ClN2OS/c13-12-2-1-11(17-12)10(16)9-15-6-3-14(4-7-15)5-8-15/h1-2H,3-9H2/q+1. The van der Waals surface area contributed by atoms with Crippen LogP contribution in [-0.4, -0.2) is 61.0 Å². The van der Waals surface area contributed by atoms with Gasteiger partial charge in [-0.15, -0.1) is 11.3 Å². The van der Waals surface area contributed by atoms with E-state index in [9.17, 15) is 4.79 Å². The van der Waals surface area contributed by atoms with Crippen LogP contribution in [0.25, 0.3) is 0 Å². The summed E-state index contributed by atoms with van der Waals surface area (Å²) in [6, 6.07) is 3.67. The van der Waals surface area contributed by atoms with Crippen molar-refractivity contribution in [1.82, 2.24) is 4.90 Å². The quantitative estimate of drug-likeness (QED) is 0.616. The number of nitrogens with zero attached hydrogens (tertiary/aromatic N) is 2. The summed E-state index contributed by atoms with van der Waals surface area (Å²) in [5.41, 5.74) is 0. The number of Topliss-reactive ketones (excluding diaryl/α,β-unsaturated/α-hetero) is 1. The topological polar surface area (TPSA) is 20.3 Å². The number of fused-ring (bicyclic) bond motifs is 3. The zero-order valence-electron chi connectivity index (χ0n) is 9.69. The fourth-order valence-electron chi connectivity index (χ4n) is 2.82. The fourth-order valence-corrected chi connectivity index (χ4v) is 3.79. The van der Waals surface area contributed by atoms with Crippen molar-refractivity contribution in [3.63, 3.8) is 0 Å². The first-order valence-corrected chi connectivity index (χ1v) is 7.22. The molecular weight excluding hydrogens is 256 g/mol. The summed E-state index contributed by atoms with van der Waals surface area (Å²) in [4.78, 5) is 15.5. The number of carbonyl (C=O) groups is 1. The number of rotatable bonds is 3. The van der Waals surface area contributed by atoms with Crippen molar-refractivity contribution in [3.8, 4) is 0 Å². The van der Waals surface area contributed by atoms with Gasteiger partial charge in [-0.1, -0.05) is 11.6 Å².